The van der Waals surface area contributed by atoms with Crippen LogP contribution < -0.4 is 5.73 Å². The molecule has 0 aromatic heterocycles. The first-order valence-electron chi connectivity index (χ1n) is 27.2. The Hall–Kier alpha value is -0.830. The zero-order valence-electron chi connectivity index (χ0n) is 40.6. The molecular weight excluding hydrogens is 707 g/mol. The second-order valence-corrected chi connectivity index (χ2v) is 18.7. The number of hydrogen-bond donors (Lipinski definition) is 2. The molecule has 348 valence electrons. The van der Waals surface area contributed by atoms with Crippen molar-refractivity contribution in [3.05, 3.63) is 12.2 Å². The average molecular weight is 818 g/mol. The van der Waals surface area contributed by atoms with Gasteiger partial charge in [0.2, 0.25) is 0 Å². The molecule has 0 aromatic rings. The molecule has 3 heteroatoms. The van der Waals surface area contributed by atoms with Crippen LogP contribution in [0, 0.1) is 0 Å². The molecule has 0 aromatic carbocycles. The van der Waals surface area contributed by atoms with Crippen LogP contribution in [0.3, 0.4) is 0 Å². The maximum absolute atomic E-state index is 10.3. The van der Waals surface area contributed by atoms with E-state index in [0.29, 0.717) is 12.5 Å². The van der Waals surface area contributed by atoms with Gasteiger partial charge in [-0.15, -0.1) is 0 Å². The highest BCUT2D eigenvalue weighted by Crippen LogP contribution is 2.17. The van der Waals surface area contributed by atoms with Gasteiger partial charge in [0.15, 0.2) is 0 Å². The maximum atomic E-state index is 10.3. The molecule has 3 N–H and O–H groups in total. The van der Waals surface area contributed by atoms with Crippen molar-refractivity contribution >= 4 is 5.97 Å². The average Bonchev–Trinajstić information content (AvgIpc) is 3.22. The first kappa shape index (κ1) is 59.3. The Bertz CT molecular complexity index is 714. The second-order valence-electron chi connectivity index (χ2n) is 18.7. The van der Waals surface area contributed by atoms with E-state index in [1.165, 1.54) is 289 Å². The Morgan fingerprint density at radius 1 is 0.345 bits per heavy atom. The van der Waals surface area contributed by atoms with Crippen molar-refractivity contribution in [2.45, 2.75) is 335 Å². The van der Waals surface area contributed by atoms with E-state index in [-0.39, 0.29) is 0 Å². The monoisotopic (exact) mass is 818 g/mol. The lowest BCUT2D eigenvalue weighted by Crippen LogP contribution is -2.19. The molecule has 0 amide bonds. The van der Waals surface area contributed by atoms with Crippen LogP contribution in [0.25, 0.3) is 0 Å². The van der Waals surface area contributed by atoms with E-state index in [2.05, 4.69) is 32.9 Å². The van der Waals surface area contributed by atoms with Gasteiger partial charge in [0, 0.05) is 12.5 Å². The number of nitrogens with two attached hydrogens (primary N) is 1. The number of allylic oxidation sites excluding steroid dienone is 2. The van der Waals surface area contributed by atoms with Gasteiger partial charge < -0.3 is 10.8 Å². The van der Waals surface area contributed by atoms with Crippen LogP contribution in [0.15, 0.2) is 12.2 Å². The zero-order valence-corrected chi connectivity index (χ0v) is 40.6. The molecule has 0 spiro atoms. The van der Waals surface area contributed by atoms with Gasteiger partial charge in [0.25, 0.3) is 0 Å². The Morgan fingerprint density at radius 3 is 0.793 bits per heavy atom. The molecule has 0 atom stereocenters. The molecule has 0 heterocycles. The number of carboxylic acids is 1. The fourth-order valence-corrected chi connectivity index (χ4v) is 8.40. The molecule has 0 aliphatic carbocycles. The van der Waals surface area contributed by atoms with Gasteiger partial charge in [-0.05, 0) is 44.9 Å². The van der Waals surface area contributed by atoms with Gasteiger partial charge in [-0.3, -0.25) is 4.79 Å². The van der Waals surface area contributed by atoms with Crippen LogP contribution in [-0.4, -0.2) is 17.1 Å². The first-order chi connectivity index (χ1) is 28.6. The van der Waals surface area contributed by atoms with E-state index >= 15 is 0 Å². The molecule has 0 rings (SSSR count). The van der Waals surface area contributed by atoms with Crippen molar-refractivity contribution in [2.24, 2.45) is 5.73 Å². The molecule has 0 saturated heterocycles. The largest absolute Gasteiger partial charge is 0.481 e. The summed E-state index contributed by atoms with van der Waals surface area (Å²) in [6.07, 6.45) is 70.1. The fraction of sp³-hybridized carbons (Fsp3) is 0.945. The molecule has 0 fully saturated rings. The van der Waals surface area contributed by atoms with Crippen LogP contribution in [0.4, 0.5) is 0 Å². The molecular formula is C55H111NO2. The summed E-state index contributed by atoms with van der Waals surface area (Å²) in [6.45, 7) is 6.87. The van der Waals surface area contributed by atoms with E-state index in [9.17, 15) is 4.79 Å². The molecule has 0 unspecified atom stereocenters. The predicted molar refractivity (Wildman–Crippen MR) is 263 cm³/mol. The molecule has 0 aliphatic heterocycles. The van der Waals surface area contributed by atoms with Gasteiger partial charge in [0.05, 0.1) is 0 Å². The summed E-state index contributed by atoms with van der Waals surface area (Å²) in [5, 5.41) is 8.51. The maximum Gasteiger partial charge on any atom is 0.303 e. The Balaban J connectivity index is 0. The van der Waals surface area contributed by atoms with Crippen LogP contribution in [0.1, 0.15) is 329 Å². The number of carbonyl (C=O) groups is 1. The highest BCUT2D eigenvalue weighted by molar-refractivity contribution is 5.66. The lowest BCUT2D eigenvalue weighted by atomic mass is 10.00. The van der Waals surface area contributed by atoms with Crippen molar-refractivity contribution in [2.75, 3.05) is 0 Å². The standard InChI is InChI=1S/C37H77N.C18H34O2/c1-3-5-7-9-11-13-15-17-19-21-23-25-27-29-31-33-35-37(38)36-34-32-30-28-26-24-22-20-18-16-14-12-10-8-6-4-2;1-2-3-4-5-6-7-8-9-10-11-12-13-14-15-16-17-18(19)20/h37H,3-36,38H2,1-2H3;9-10H,2-8,11-17H2,1H3,(H,19,20). The summed E-state index contributed by atoms with van der Waals surface area (Å²) in [5.74, 6) is -0.664. The van der Waals surface area contributed by atoms with Crippen LogP contribution in [0.2, 0.25) is 0 Å². The third-order valence-corrected chi connectivity index (χ3v) is 12.5. The SMILES string of the molecule is CCCCCCCCC=CCCCCCCCC(=O)O.CCCCCCCCCCCCCCCCCCC(N)CCCCCCCCCCCCCCCCCC. The molecule has 0 aliphatic rings. The Morgan fingerprint density at radius 2 is 0.552 bits per heavy atom. The van der Waals surface area contributed by atoms with Crippen molar-refractivity contribution < 1.29 is 9.90 Å². The summed E-state index contributed by atoms with van der Waals surface area (Å²) in [5.41, 5.74) is 6.39. The van der Waals surface area contributed by atoms with E-state index in [0.717, 1.165) is 12.8 Å². The van der Waals surface area contributed by atoms with E-state index in [4.69, 9.17) is 10.8 Å². The number of rotatable bonds is 49. The van der Waals surface area contributed by atoms with E-state index < -0.39 is 5.97 Å². The quantitative estimate of drug-likeness (QED) is 0.0475. The van der Waals surface area contributed by atoms with Gasteiger partial charge in [-0.1, -0.05) is 290 Å². The van der Waals surface area contributed by atoms with Crippen LogP contribution >= 0.6 is 0 Å². The predicted octanol–water partition coefficient (Wildman–Crippen LogP) is 19.7. The second kappa shape index (κ2) is 56.2. The molecule has 0 radical (unpaired) electrons. The minimum absolute atomic E-state index is 0.332. The molecule has 58 heavy (non-hydrogen) atoms. The van der Waals surface area contributed by atoms with Gasteiger partial charge >= 0.3 is 5.97 Å². The minimum Gasteiger partial charge on any atom is -0.481 e. The fourth-order valence-electron chi connectivity index (χ4n) is 8.40. The number of aliphatic carboxylic acids is 1. The normalized spacial score (nSPS) is 11.5. The molecule has 3 nitrogen and oxygen atoms in total. The molecule has 0 bridgehead atoms. The third-order valence-electron chi connectivity index (χ3n) is 12.5. The number of unbranched alkanes of at least 4 members (excludes halogenated alkanes) is 41. The Kier molecular flexibility index (Phi) is 57.4. The summed E-state index contributed by atoms with van der Waals surface area (Å²) in [7, 11) is 0. The van der Waals surface area contributed by atoms with Crippen LogP contribution in [-0.2, 0) is 4.79 Å². The van der Waals surface area contributed by atoms with E-state index in [1.807, 2.05) is 0 Å². The topological polar surface area (TPSA) is 63.3 Å². The van der Waals surface area contributed by atoms with Gasteiger partial charge in [-0.25, -0.2) is 0 Å². The lowest BCUT2D eigenvalue weighted by molar-refractivity contribution is -0.137. The summed E-state index contributed by atoms with van der Waals surface area (Å²) in [6, 6.07) is 0.466. The summed E-state index contributed by atoms with van der Waals surface area (Å²) < 4.78 is 0. The Labute approximate surface area is 367 Å². The third kappa shape index (κ3) is 59.5. The van der Waals surface area contributed by atoms with Crippen molar-refractivity contribution in [3.63, 3.8) is 0 Å². The molecule has 0 saturated carbocycles. The van der Waals surface area contributed by atoms with Crippen molar-refractivity contribution in [3.8, 4) is 0 Å². The van der Waals surface area contributed by atoms with Gasteiger partial charge in [0.1, 0.15) is 0 Å². The number of hydrogen-bond acceptors (Lipinski definition) is 2. The first-order valence-corrected chi connectivity index (χ1v) is 27.2. The van der Waals surface area contributed by atoms with E-state index in [1.54, 1.807) is 0 Å². The minimum atomic E-state index is -0.664. The zero-order chi connectivity index (χ0) is 42.5. The lowest BCUT2D eigenvalue weighted by Gasteiger charge is -2.11. The highest BCUT2D eigenvalue weighted by atomic mass is 16.4. The van der Waals surface area contributed by atoms with Crippen molar-refractivity contribution in [1.29, 1.82) is 0 Å². The van der Waals surface area contributed by atoms with Gasteiger partial charge in [-0.2, -0.15) is 0 Å². The highest BCUT2D eigenvalue weighted by Gasteiger charge is 2.03. The van der Waals surface area contributed by atoms with Crippen LogP contribution in [0.5, 0.6) is 0 Å². The summed E-state index contributed by atoms with van der Waals surface area (Å²) in [4.78, 5) is 10.3. The van der Waals surface area contributed by atoms with Crippen molar-refractivity contribution in [1.82, 2.24) is 0 Å². The number of carboxylic acid groups (broad SMARTS) is 1. The summed E-state index contributed by atoms with van der Waals surface area (Å²) >= 11 is 0. The smallest absolute Gasteiger partial charge is 0.303 e.